The summed E-state index contributed by atoms with van der Waals surface area (Å²) < 4.78 is 19.7. The van der Waals surface area contributed by atoms with Crippen molar-refractivity contribution in [2.45, 2.75) is 13.5 Å². The van der Waals surface area contributed by atoms with Crippen molar-refractivity contribution >= 4 is 22.9 Å². The van der Waals surface area contributed by atoms with Gasteiger partial charge in [-0.15, -0.1) is 11.3 Å². The molecule has 7 heteroatoms. The number of ether oxygens (including phenoxy) is 1. The molecule has 1 aromatic heterocycles. The Balaban J connectivity index is 1.71. The molecular weight excluding hydrogens is 329 g/mol. The number of anilines is 1. The van der Waals surface area contributed by atoms with Gasteiger partial charge in [-0.05, 0) is 25.1 Å². The number of benzene rings is 1. The van der Waals surface area contributed by atoms with Crippen LogP contribution in [-0.2, 0) is 11.3 Å². The fourth-order valence-corrected chi connectivity index (χ4v) is 3.55. The maximum atomic E-state index is 14.4. The third-order valence-corrected chi connectivity index (χ3v) is 4.85. The predicted molar refractivity (Wildman–Crippen MR) is 92.1 cm³/mol. The Kier molecular flexibility index (Phi) is 5.11. The summed E-state index contributed by atoms with van der Waals surface area (Å²) in [6, 6.07) is 4.69. The Hall–Kier alpha value is -1.99. The number of aryl methyl sites for hydroxylation is 1. The lowest BCUT2D eigenvalue weighted by Crippen LogP contribution is -2.36. The number of morpholine rings is 1. The summed E-state index contributed by atoms with van der Waals surface area (Å²) >= 11 is 1.56. The van der Waals surface area contributed by atoms with E-state index in [1.54, 1.807) is 41.6 Å². The Labute approximate surface area is 144 Å². The van der Waals surface area contributed by atoms with Crippen LogP contribution in [0.1, 0.15) is 20.2 Å². The van der Waals surface area contributed by atoms with E-state index in [4.69, 9.17) is 4.74 Å². The summed E-state index contributed by atoms with van der Waals surface area (Å²) in [5, 5.41) is 0.965. The van der Waals surface area contributed by atoms with Crippen LogP contribution >= 0.6 is 11.3 Å². The van der Waals surface area contributed by atoms with Crippen LogP contribution in [-0.4, -0.2) is 49.1 Å². The maximum Gasteiger partial charge on any atom is 0.254 e. The number of carbonyl (C=O) groups excluding carboxylic acids is 1. The molecule has 5 nitrogen and oxygen atoms in total. The van der Waals surface area contributed by atoms with Crippen LogP contribution in [0.15, 0.2) is 24.4 Å². The van der Waals surface area contributed by atoms with Gasteiger partial charge in [0.05, 0.1) is 30.5 Å². The Morgan fingerprint density at radius 1 is 1.42 bits per heavy atom. The van der Waals surface area contributed by atoms with Crippen LogP contribution in [0.3, 0.4) is 0 Å². The molecule has 2 aromatic rings. The molecule has 1 fully saturated rings. The highest BCUT2D eigenvalue weighted by atomic mass is 32.1. The minimum Gasteiger partial charge on any atom is -0.378 e. The fourth-order valence-electron chi connectivity index (χ4n) is 2.71. The minimum absolute atomic E-state index is 0.200. The van der Waals surface area contributed by atoms with Gasteiger partial charge in [0.2, 0.25) is 0 Å². The van der Waals surface area contributed by atoms with Gasteiger partial charge >= 0.3 is 0 Å². The third-order valence-electron chi connectivity index (χ3n) is 3.96. The van der Waals surface area contributed by atoms with Crippen LogP contribution in [0.2, 0.25) is 0 Å². The van der Waals surface area contributed by atoms with Gasteiger partial charge in [-0.2, -0.15) is 0 Å². The van der Waals surface area contributed by atoms with Crippen molar-refractivity contribution in [1.29, 1.82) is 0 Å². The van der Waals surface area contributed by atoms with E-state index in [9.17, 15) is 9.18 Å². The zero-order valence-corrected chi connectivity index (χ0v) is 14.6. The number of carbonyl (C=O) groups is 1. The van der Waals surface area contributed by atoms with Gasteiger partial charge in [0.1, 0.15) is 5.82 Å². The van der Waals surface area contributed by atoms with Gasteiger partial charge in [0.25, 0.3) is 5.91 Å². The molecule has 1 aliphatic heterocycles. The van der Waals surface area contributed by atoms with Gasteiger partial charge in [0.15, 0.2) is 0 Å². The normalized spacial score (nSPS) is 14.7. The van der Waals surface area contributed by atoms with E-state index in [-0.39, 0.29) is 11.7 Å². The number of nitrogens with zero attached hydrogens (tertiary/aromatic N) is 3. The molecule has 2 heterocycles. The quantitative estimate of drug-likeness (QED) is 0.851. The number of halogens is 1. The molecule has 128 valence electrons. The molecule has 1 aliphatic rings. The molecule has 0 atom stereocenters. The lowest BCUT2D eigenvalue weighted by molar-refractivity contribution is 0.0786. The molecule has 0 unspecified atom stereocenters. The average molecular weight is 349 g/mol. The highest BCUT2D eigenvalue weighted by molar-refractivity contribution is 7.11. The third kappa shape index (κ3) is 3.73. The Bertz CT molecular complexity index is 728. The smallest absolute Gasteiger partial charge is 0.254 e. The molecule has 0 bridgehead atoms. The summed E-state index contributed by atoms with van der Waals surface area (Å²) in [5.41, 5.74) is 0.879. The number of rotatable bonds is 4. The van der Waals surface area contributed by atoms with Crippen molar-refractivity contribution in [2.75, 3.05) is 38.3 Å². The molecule has 0 radical (unpaired) electrons. The first kappa shape index (κ1) is 16.9. The molecule has 24 heavy (non-hydrogen) atoms. The molecule has 1 saturated heterocycles. The lowest BCUT2D eigenvalue weighted by atomic mass is 10.1. The number of thiazole rings is 1. The number of hydrogen-bond acceptors (Lipinski definition) is 5. The van der Waals surface area contributed by atoms with Crippen molar-refractivity contribution < 1.29 is 13.9 Å². The topological polar surface area (TPSA) is 45.7 Å². The van der Waals surface area contributed by atoms with Gasteiger partial charge < -0.3 is 14.5 Å². The highest BCUT2D eigenvalue weighted by Gasteiger charge is 2.19. The van der Waals surface area contributed by atoms with Gasteiger partial charge in [-0.25, -0.2) is 9.37 Å². The van der Waals surface area contributed by atoms with Crippen LogP contribution in [0.4, 0.5) is 10.1 Å². The summed E-state index contributed by atoms with van der Waals surface area (Å²) in [6.07, 6.45) is 1.77. The van der Waals surface area contributed by atoms with E-state index in [2.05, 4.69) is 4.98 Å². The minimum atomic E-state index is -0.371. The van der Waals surface area contributed by atoms with E-state index >= 15 is 0 Å². The van der Waals surface area contributed by atoms with Crippen molar-refractivity contribution in [2.24, 2.45) is 0 Å². The van der Waals surface area contributed by atoms with Crippen LogP contribution in [0, 0.1) is 12.7 Å². The first-order chi connectivity index (χ1) is 11.5. The highest BCUT2D eigenvalue weighted by Crippen LogP contribution is 2.23. The van der Waals surface area contributed by atoms with Gasteiger partial charge in [0, 0.05) is 36.8 Å². The second-order valence-corrected chi connectivity index (χ2v) is 7.09. The van der Waals surface area contributed by atoms with E-state index in [0.29, 0.717) is 44.1 Å². The van der Waals surface area contributed by atoms with Gasteiger partial charge in [-0.1, -0.05) is 0 Å². The van der Waals surface area contributed by atoms with E-state index in [1.807, 2.05) is 11.8 Å². The largest absolute Gasteiger partial charge is 0.378 e. The predicted octanol–water partition coefficient (Wildman–Crippen LogP) is 2.70. The Morgan fingerprint density at radius 2 is 2.17 bits per heavy atom. The summed E-state index contributed by atoms with van der Waals surface area (Å²) in [5.74, 6) is -0.571. The number of amides is 1. The molecular formula is C17H20FN3O2S. The zero-order valence-electron chi connectivity index (χ0n) is 13.8. The van der Waals surface area contributed by atoms with Crippen molar-refractivity contribution in [3.05, 3.63) is 45.7 Å². The van der Waals surface area contributed by atoms with Crippen molar-refractivity contribution in [3.8, 4) is 0 Å². The Morgan fingerprint density at radius 3 is 2.79 bits per heavy atom. The number of hydrogen-bond donors (Lipinski definition) is 0. The SMILES string of the molecule is Cc1ncc(CN(C)C(=O)c2ccc(N3CCOCC3)c(F)c2)s1. The maximum absolute atomic E-state index is 14.4. The second-order valence-electron chi connectivity index (χ2n) is 5.77. The van der Waals surface area contributed by atoms with Crippen molar-refractivity contribution in [3.63, 3.8) is 0 Å². The average Bonchev–Trinajstić information content (AvgIpc) is 2.99. The molecule has 1 aromatic carbocycles. The van der Waals surface area contributed by atoms with E-state index in [0.717, 1.165) is 9.88 Å². The van der Waals surface area contributed by atoms with Crippen LogP contribution in [0.25, 0.3) is 0 Å². The molecule has 1 amide bonds. The summed E-state index contributed by atoms with van der Waals surface area (Å²) in [4.78, 5) is 21.2. The monoisotopic (exact) mass is 349 g/mol. The van der Waals surface area contributed by atoms with E-state index < -0.39 is 0 Å². The van der Waals surface area contributed by atoms with Crippen molar-refractivity contribution in [1.82, 2.24) is 9.88 Å². The molecule has 3 rings (SSSR count). The standard InChI is InChI=1S/C17H20FN3O2S/c1-12-19-10-14(24-12)11-20(2)17(22)13-3-4-16(15(18)9-13)21-5-7-23-8-6-21/h3-4,9-10H,5-8,11H2,1-2H3. The lowest BCUT2D eigenvalue weighted by Gasteiger charge is -2.29. The first-order valence-electron chi connectivity index (χ1n) is 7.83. The summed E-state index contributed by atoms with van der Waals surface area (Å²) in [6.45, 7) is 4.91. The zero-order chi connectivity index (χ0) is 17.1. The summed E-state index contributed by atoms with van der Waals surface area (Å²) in [7, 11) is 1.71. The second kappa shape index (κ2) is 7.27. The molecule has 0 aliphatic carbocycles. The molecule has 0 saturated carbocycles. The first-order valence-corrected chi connectivity index (χ1v) is 8.65. The number of aromatic nitrogens is 1. The van der Waals surface area contributed by atoms with Gasteiger partial charge in [-0.3, -0.25) is 4.79 Å². The fraction of sp³-hybridized carbons (Fsp3) is 0.412. The van der Waals surface area contributed by atoms with Crippen LogP contribution in [0.5, 0.6) is 0 Å². The van der Waals surface area contributed by atoms with E-state index in [1.165, 1.54) is 6.07 Å². The van der Waals surface area contributed by atoms with Crippen LogP contribution < -0.4 is 4.90 Å². The molecule has 0 N–H and O–H groups in total. The molecule has 0 spiro atoms.